The Morgan fingerprint density at radius 3 is 2.80 bits per heavy atom. The van der Waals surface area contributed by atoms with Crippen molar-refractivity contribution in [2.45, 2.75) is 20.8 Å². The van der Waals surface area contributed by atoms with Gasteiger partial charge in [-0.2, -0.15) is 0 Å². The molecule has 7 heteroatoms. The normalized spacial score (nSPS) is 10.7. The minimum absolute atomic E-state index is 0.188. The molecule has 1 amide bonds. The maximum atomic E-state index is 12.2. The standard InChI is InChI=1S/C18H19N3O4/c1-10-5-6-14(23-4)13(7-10)21-15(22)8-24-17-16-11(2)12(3)25-18(16)20-9-19-17/h5-7,9H,8H2,1-4H3,(H,21,22). The van der Waals surface area contributed by atoms with E-state index in [1.807, 2.05) is 32.9 Å². The third kappa shape index (κ3) is 3.40. The van der Waals surface area contributed by atoms with Gasteiger partial charge in [-0.1, -0.05) is 6.07 Å². The maximum absolute atomic E-state index is 12.2. The molecule has 2 heterocycles. The van der Waals surface area contributed by atoms with Crippen molar-refractivity contribution in [3.63, 3.8) is 0 Å². The van der Waals surface area contributed by atoms with Crippen LogP contribution in [-0.4, -0.2) is 29.6 Å². The molecule has 3 rings (SSSR count). The van der Waals surface area contributed by atoms with Crippen LogP contribution >= 0.6 is 0 Å². The largest absolute Gasteiger partial charge is 0.495 e. The lowest BCUT2D eigenvalue weighted by Crippen LogP contribution is -2.21. The lowest BCUT2D eigenvalue weighted by molar-refractivity contribution is -0.118. The Morgan fingerprint density at radius 1 is 1.24 bits per heavy atom. The summed E-state index contributed by atoms with van der Waals surface area (Å²) in [5, 5.41) is 3.47. The van der Waals surface area contributed by atoms with Gasteiger partial charge in [0, 0.05) is 5.56 Å². The average molecular weight is 341 g/mol. The summed E-state index contributed by atoms with van der Waals surface area (Å²) in [5.41, 5.74) is 2.95. The zero-order valence-corrected chi connectivity index (χ0v) is 14.5. The molecule has 2 aromatic heterocycles. The number of benzene rings is 1. The number of anilines is 1. The van der Waals surface area contributed by atoms with E-state index in [-0.39, 0.29) is 12.5 Å². The van der Waals surface area contributed by atoms with Gasteiger partial charge in [-0.05, 0) is 38.5 Å². The molecule has 1 aromatic carbocycles. The molecule has 3 aromatic rings. The number of carbonyl (C=O) groups excluding carboxylic acids is 1. The van der Waals surface area contributed by atoms with Gasteiger partial charge in [-0.15, -0.1) is 0 Å². The van der Waals surface area contributed by atoms with E-state index in [9.17, 15) is 4.79 Å². The van der Waals surface area contributed by atoms with Crippen molar-refractivity contribution in [2.24, 2.45) is 0 Å². The van der Waals surface area contributed by atoms with Crippen LogP contribution in [0.5, 0.6) is 11.6 Å². The van der Waals surface area contributed by atoms with Crippen molar-refractivity contribution < 1.29 is 18.7 Å². The predicted octanol–water partition coefficient (Wildman–Crippen LogP) is 3.17. The van der Waals surface area contributed by atoms with Crippen molar-refractivity contribution >= 4 is 22.7 Å². The van der Waals surface area contributed by atoms with E-state index in [1.165, 1.54) is 6.33 Å². The van der Waals surface area contributed by atoms with Gasteiger partial charge >= 0.3 is 0 Å². The lowest BCUT2D eigenvalue weighted by Gasteiger charge is -2.11. The topological polar surface area (TPSA) is 86.5 Å². The summed E-state index contributed by atoms with van der Waals surface area (Å²) in [4.78, 5) is 20.4. The first-order valence-corrected chi connectivity index (χ1v) is 7.77. The van der Waals surface area contributed by atoms with Gasteiger partial charge in [0.15, 0.2) is 6.61 Å². The number of nitrogens with zero attached hydrogens (tertiary/aromatic N) is 2. The number of aromatic nitrogens is 2. The number of methoxy groups -OCH3 is 1. The van der Waals surface area contributed by atoms with E-state index in [0.717, 1.165) is 16.9 Å². The number of carbonyl (C=O) groups is 1. The Kier molecular flexibility index (Phi) is 4.56. The van der Waals surface area contributed by atoms with E-state index >= 15 is 0 Å². The van der Waals surface area contributed by atoms with Crippen LogP contribution in [-0.2, 0) is 4.79 Å². The molecule has 7 nitrogen and oxygen atoms in total. The van der Waals surface area contributed by atoms with Gasteiger partial charge in [-0.25, -0.2) is 9.97 Å². The van der Waals surface area contributed by atoms with Crippen molar-refractivity contribution in [1.82, 2.24) is 9.97 Å². The van der Waals surface area contributed by atoms with Gasteiger partial charge in [0.1, 0.15) is 23.2 Å². The molecule has 25 heavy (non-hydrogen) atoms. The summed E-state index contributed by atoms with van der Waals surface area (Å²) in [6, 6.07) is 5.55. The number of fused-ring (bicyclic) bond motifs is 1. The van der Waals surface area contributed by atoms with Crippen LogP contribution in [0.3, 0.4) is 0 Å². The molecule has 0 unspecified atom stereocenters. The third-order valence-electron chi connectivity index (χ3n) is 3.90. The summed E-state index contributed by atoms with van der Waals surface area (Å²) in [6.07, 6.45) is 1.35. The molecule has 130 valence electrons. The Hall–Kier alpha value is -3.09. The summed E-state index contributed by atoms with van der Waals surface area (Å²) >= 11 is 0. The molecule has 0 bridgehead atoms. The van der Waals surface area contributed by atoms with Gasteiger partial charge in [-0.3, -0.25) is 4.79 Å². The summed E-state index contributed by atoms with van der Waals surface area (Å²) < 4.78 is 16.4. The Bertz CT molecular complexity index is 933. The molecular formula is C18H19N3O4. The molecule has 0 aliphatic carbocycles. The van der Waals surface area contributed by atoms with Crippen LogP contribution in [0.2, 0.25) is 0 Å². The van der Waals surface area contributed by atoms with E-state index < -0.39 is 0 Å². The number of rotatable bonds is 5. The minimum atomic E-state index is -0.312. The second-order valence-corrected chi connectivity index (χ2v) is 5.68. The van der Waals surface area contributed by atoms with Crippen LogP contribution in [0.15, 0.2) is 28.9 Å². The number of aryl methyl sites for hydroxylation is 3. The molecule has 0 radical (unpaired) electrons. The predicted molar refractivity (Wildman–Crippen MR) is 93.1 cm³/mol. The van der Waals surface area contributed by atoms with Crippen LogP contribution in [0.4, 0.5) is 5.69 Å². The molecule has 1 N–H and O–H groups in total. The molecule has 0 fully saturated rings. The monoisotopic (exact) mass is 341 g/mol. The quantitative estimate of drug-likeness (QED) is 0.767. The number of nitrogens with one attached hydrogen (secondary N) is 1. The fourth-order valence-corrected chi connectivity index (χ4v) is 2.50. The van der Waals surface area contributed by atoms with Crippen LogP contribution in [0, 0.1) is 20.8 Å². The SMILES string of the molecule is COc1ccc(C)cc1NC(=O)COc1ncnc2oc(C)c(C)c12. The highest BCUT2D eigenvalue weighted by Gasteiger charge is 2.16. The first kappa shape index (κ1) is 16.8. The second-order valence-electron chi connectivity index (χ2n) is 5.68. The maximum Gasteiger partial charge on any atom is 0.262 e. The second kappa shape index (κ2) is 6.80. The molecule has 0 atom stereocenters. The summed E-state index contributed by atoms with van der Waals surface area (Å²) in [5.74, 6) is 1.35. The van der Waals surface area contributed by atoms with Crippen molar-refractivity contribution in [3.8, 4) is 11.6 Å². The van der Waals surface area contributed by atoms with E-state index in [2.05, 4.69) is 15.3 Å². The minimum Gasteiger partial charge on any atom is -0.495 e. The molecule has 0 spiro atoms. The molecular weight excluding hydrogens is 322 g/mol. The van der Waals surface area contributed by atoms with E-state index in [1.54, 1.807) is 13.2 Å². The highest BCUT2D eigenvalue weighted by molar-refractivity contribution is 5.93. The lowest BCUT2D eigenvalue weighted by atomic mass is 10.2. The van der Waals surface area contributed by atoms with Gasteiger partial charge in [0.25, 0.3) is 5.91 Å². The highest BCUT2D eigenvalue weighted by atomic mass is 16.5. The Balaban J connectivity index is 1.74. The number of hydrogen-bond acceptors (Lipinski definition) is 6. The first-order valence-electron chi connectivity index (χ1n) is 7.77. The molecule has 0 saturated heterocycles. The smallest absolute Gasteiger partial charge is 0.262 e. The number of ether oxygens (including phenoxy) is 2. The number of amides is 1. The third-order valence-corrected chi connectivity index (χ3v) is 3.90. The fraction of sp³-hybridized carbons (Fsp3) is 0.278. The number of furan rings is 1. The van der Waals surface area contributed by atoms with E-state index in [0.29, 0.717) is 28.4 Å². The Morgan fingerprint density at radius 2 is 2.04 bits per heavy atom. The first-order chi connectivity index (χ1) is 12.0. The summed E-state index contributed by atoms with van der Waals surface area (Å²) in [7, 11) is 1.55. The van der Waals surface area contributed by atoms with E-state index in [4.69, 9.17) is 13.9 Å². The number of hydrogen-bond donors (Lipinski definition) is 1. The zero-order chi connectivity index (χ0) is 18.0. The van der Waals surface area contributed by atoms with Gasteiger partial charge < -0.3 is 19.2 Å². The Labute approximate surface area is 145 Å². The van der Waals surface area contributed by atoms with Crippen LogP contribution < -0.4 is 14.8 Å². The van der Waals surface area contributed by atoms with Crippen molar-refractivity contribution in [1.29, 1.82) is 0 Å². The van der Waals surface area contributed by atoms with Crippen LogP contribution in [0.25, 0.3) is 11.1 Å². The van der Waals surface area contributed by atoms with Crippen molar-refractivity contribution in [3.05, 3.63) is 41.4 Å². The summed E-state index contributed by atoms with van der Waals surface area (Å²) in [6.45, 7) is 5.49. The van der Waals surface area contributed by atoms with Gasteiger partial charge in [0.2, 0.25) is 11.6 Å². The van der Waals surface area contributed by atoms with Gasteiger partial charge in [0.05, 0.1) is 12.8 Å². The average Bonchev–Trinajstić information content (AvgIpc) is 2.88. The highest BCUT2D eigenvalue weighted by Crippen LogP contribution is 2.29. The zero-order valence-electron chi connectivity index (χ0n) is 14.5. The fourth-order valence-electron chi connectivity index (χ4n) is 2.50. The molecule has 0 aliphatic rings. The van der Waals surface area contributed by atoms with Crippen LogP contribution in [0.1, 0.15) is 16.9 Å². The van der Waals surface area contributed by atoms with Crippen molar-refractivity contribution in [2.75, 3.05) is 19.0 Å². The molecule has 0 saturated carbocycles. The molecule has 0 aliphatic heterocycles.